The molecule has 0 atom stereocenters. The number of aromatic amines is 1. The monoisotopic (exact) mass is 372 g/mol. The molecule has 0 aliphatic heterocycles. The van der Waals surface area contributed by atoms with Gasteiger partial charge in [-0.3, -0.25) is 25.5 Å². The van der Waals surface area contributed by atoms with E-state index in [4.69, 9.17) is 0 Å². The minimum atomic E-state index is -0.474. The van der Waals surface area contributed by atoms with Crippen LogP contribution in [0, 0.1) is 0 Å². The molecule has 26 heavy (non-hydrogen) atoms. The first-order valence-electron chi connectivity index (χ1n) is 7.68. The zero-order valence-corrected chi connectivity index (χ0v) is 14.7. The lowest BCUT2D eigenvalue weighted by Crippen LogP contribution is -2.41. The smallest absolute Gasteiger partial charge is 0.273 e. The van der Waals surface area contributed by atoms with Crippen molar-refractivity contribution >= 4 is 23.6 Å². The van der Waals surface area contributed by atoms with Gasteiger partial charge in [-0.05, 0) is 16.5 Å². The van der Waals surface area contributed by atoms with Crippen molar-refractivity contribution in [1.29, 1.82) is 0 Å². The SMILES string of the molecule is Cn1nnnc1SCCC(=O)NNC(=O)c1cc(-c2ccccc2)n[nH]1. The van der Waals surface area contributed by atoms with Gasteiger partial charge in [0.25, 0.3) is 5.91 Å². The van der Waals surface area contributed by atoms with Gasteiger partial charge in [0.2, 0.25) is 11.1 Å². The van der Waals surface area contributed by atoms with Crippen molar-refractivity contribution in [2.24, 2.45) is 7.05 Å². The first-order chi connectivity index (χ1) is 12.6. The van der Waals surface area contributed by atoms with E-state index in [0.717, 1.165) is 5.56 Å². The second-order valence-electron chi connectivity index (χ2n) is 5.22. The molecular weight excluding hydrogens is 356 g/mol. The Morgan fingerprint density at radius 3 is 2.77 bits per heavy atom. The Balaban J connectivity index is 1.44. The van der Waals surface area contributed by atoms with Crippen LogP contribution < -0.4 is 10.9 Å². The average Bonchev–Trinajstić information content (AvgIpc) is 3.30. The number of aryl methyl sites for hydroxylation is 1. The van der Waals surface area contributed by atoms with E-state index in [2.05, 4.69) is 36.6 Å². The normalized spacial score (nSPS) is 10.5. The van der Waals surface area contributed by atoms with Gasteiger partial charge in [0.15, 0.2) is 0 Å². The number of tetrazole rings is 1. The van der Waals surface area contributed by atoms with E-state index in [1.165, 1.54) is 16.4 Å². The summed E-state index contributed by atoms with van der Waals surface area (Å²) < 4.78 is 1.52. The lowest BCUT2D eigenvalue weighted by atomic mass is 10.1. The highest BCUT2D eigenvalue weighted by molar-refractivity contribution is 7.99. The van der Waals surface area contributed by atoms with Crippen LogP contribution in [0.2, 0.25) is 0 Å². The van der Waals surface area contributed by atoms with E-state index < -0.39 is 5.91 Å². The number of hydrogen-bond donors (Lipinski definition) is 3. The standard InChI is InChI=1S/C15H16N8O2S/c1-23-15(20-21-22-23)26-8-7-13(24)18-19-14(25)12-9-11(16-17-12)10-5-3-2-4-6-10/h2-6,9H,7-8H2,1H3,(H,16,17)(H,18,24)(H,19,25). The molecule has 1 aromatic carbocycles. The van der Waals surface area contributed by atoms with Gasteiger partial charge in [-0.25, -0.2) is 4.68 Å². The molecule has 2 amide bonds. The van der Waals surface area contributed by atoms with E-state index >= 15 is 0 Å². The minimum Gasteiger partial charge on any atom is -0.273 e. The Labute approximate surface area is 152 Å². The number of carbonyl (C=O) groups is 2. The van der Waals surface area contributed by atoms with Crippen LogP contribution in [0.4, 0.5) is 0 Å². The zero-order valence-electron chi connectivity index (χ0n) is 13.8. The molecule has 10 nitrogen and oxygen atoms in total. The molecule has 0 radical (unpaired) electrons. The van der Waals surface area contributed by atoms with Gasteiger partial charge in [-0.2, -0.15) is 5.10 Å². The van der Waals surface area contributed by atoms with Gasteiger partial charge in [0, 0.05) is 24.8 Å². The molecule has 3 aromatic rings. The second kappa shape index (κ2) is 8.25. The fourth-order valence-corrected chi connectivity index (χ4v) is 2.82. The number of H-pyrrole nitrogens is 1. The van der Waals surface area contributed by atoms with E-state index in [1.54, 1.807) is 13.1 Å². The summed E-state index contributed by atoms with van der Waals surface area (Å²) in [6, 6.07) is 11.1. The third-order valence-electron chi connectivity index (χ3n) is 3.35. The summed E-state index contributed by atoms with van der Waals surface area (Å²) in [5, 5.41) is 18.4. The number of hydrazine groups is 1. The fourth-order valence-electron chi connectivity index (χ4n) is 2.03. The van der Waals surface area contributed by atoms with Crippen LogP contribution in [0.1, 0.15) is 16.9 Å². The van der Waals surface area contributed by atoms with Gasteiger partial charge in [-0.1, -0.05) is 42.1 Å². The van der Waals surface area contributed by atoms with E-state index in [1.807, 2.05) is 30.3 Å². The Kier molecular flexibility index (Phi) is 5.59. The summed E-state index contributed by atoms with van der Waals surface area (Å²) in [5.74, 6) is -0.306. The number of benzene rings is 1. The second-order valence-corrected chi connectivity index (χ2v) is 6.28. The molecule has 0 unspecified atom stereocenters. The molecule has 2 aromatic heterocycles. The Morgan fingerprint density at radius 1 is 1.23 bits per heavy atom. The number of thioether (sulfide) groups is 1. The molecule has 0 spiro atoms. The molecule has 0 fully saturated rings. The maximum Gasteiger partial charge on any atom is 0.287 e. The van der Waals surface area contributed by atoms with E-state index in [-0.39, 0.29) is 18.0 Å². The molecule has 3 N–H and O–H groups in total. The van der Waals surface area contributed by atoms with Gasteiger partial charge < -0.3 is 0 Å². The van der Waals surface area contributed by atoms with Crippen LogP contribution in [0.15, 0.2) is 41.6 Å². The van der Waals surface area contributed by atoms with Crippen molar-refractivity contribution < 1.29 is 9.59 Å². The van der Waals surface area contributed by atoms with Crippen molar-refractivity contribution in [2.75, 3.05) is 5.75 Å². The largest absolute Gasteiger partial charge is 0.287 e. The Bertz CT molecular complexity index is 892. The number of carbonyl (C=O) groups excluding carboxylic acids is 2. The van der Waals surface area contributed by atoms with Crippen LogP contribution in [0.5, 0.6) is 0 Å². The number of rotatable bonds is 6. The maximum absolute atomic E-state index is 12.1. The summed E-state index contributed by atoms with van der Waals surface area (Å²) in [6.45, 7) is 0. The van der Waals surface area contributed by atoms with Crippen LogP contribution in [-0.4, -0.2) is 48.0 Å². The first kappa shape index (κ1) is 17.6. The highest BCUT2D eigenvalue weighted by atomic mass is 32.2. The third-order valence-corrected chi connectivity index (χ3v) is 4.36. The quantitative estimate of drug-likeness (QED) is 0.425. The molecule has 2 heterocycles. The third kappa shape index (κ3) is 4.45. The van der Waals surface area contributed by atoms with Gasteiger partial charge in [0.05, 0.1) is 5.69 Å². The highest BCUT2D eigenvalue weighted by Crippen LogP contribution is 2.16. The number of hydrogen-bond acceptors (Lipinski definition) is 7. The lowest BCUT2D eigenvalue weighted by Gasteiger charge is -2.05. The zero-order chi connectivity index (χ0) is 18.4. The molecule has 0 saturated carbocycles. The lowest BCUT2D eigenvalue weighted by molar-refractivity contribution is -0.121. The number of amides is 2. The van der Waals surface area contributed by atoms with E-state index in [9.17, 15) is 9.59 Å². The van der Waals surface area contributed by atoms with Crippen molar-refractivity contribution in [3.8, 4) is 11.3 Å². The number of nitrogens with zero attached hydrogens (tertiary/aromatic N) is 5. The topological polar surface area (TPSA) is 130 Å². The van der Waals surface area contributed by atoms with Crippen molar-refractivity contribution in [3.63, 3.8) is 0 Å². The van der Waals surface area contributed by atoms with Crippen LogP contribution in [-0.2, 0) is 11.8 Å². The predicted molar refractivity (Wildman–Crippen MR) is 93.8 cm³/mol. The summed E-state index contributed by atoms with van der Waals surface area (Å²) in [5.41, 5.74) is 6.51. The molecular formula is C15H16N8O2S. The average molecular weight is 372 g/mol. The molecule has 11 heteroatoms. The maximum atomic E-state index is 12.1. The van der Waals surface area contributed by atoms with Gasteiger partial charge >= 0.3 is 0 Å². The predicted octanol–water partition coefficient (Wildman–Crippen LogP) is 0.544. The summed E-state index contributed by atoms with van der Waals surface area (Å²) in [4.78, 5) is 23.9. The summed E-state index contributed by atoms with van der Waals surface area (Å²) in [7, 11) is 1.72. The van der Waals surface area contributed by atoms with Crippen LogP contribution in [0.3, 0.4) is 0 Å². The number of aromatic nitrogens is 6. The van der Waals surface area contributed by atoms with E-state index in [0.29, 0.717) is 16.6 Å². The Hall–Kier alpha value is -3.21. The van der Waals surface area contributed by atoms with Crippen molar-refractivity contribution in [3.05, 3.63) is 42.1 Å². The Morgan fingerprint density at radius 2 is 2.04 bits per heavy atom. The number of nitrogens with one attached hydrogen (secondary N) is 3. The summed E-state index contributed by atoms with van der Waals surface area (Å²) >= 11 is 1.35. The highest BCUT2D eigenvalue weighted by Gasteiger charge is 2.12. The van der Waals surface area contributed by atoms with Crippen molar-refractivity contribution in [2.45, 2.75) is 11.6 Å². The fraction of sp³-hybridized carbons (Fsp3) is 0.200. The minimum absolute atomic E-state index is 0.204. The summed E-state index contributed by atoms with van der Waals surface area (Å²) in [6.07, 6.45) is 0.204. The van der Waals surface area contributed by atoms with Crippen molar-refractivity contribution in [1.82, 2.24) is 41.3 Å². The molecule has 0 aliphatic rings. The first-order valence-corrected chi connectivity index (χ1v) is 8.67. The molecule has 0 bridgehead atoms. The molecule has 3 rings (SSSR count). The molecule has 0 aliphatic carbocycles. The molecule has 134 valence electrons. The molecule has 0 saturated heterocycles. The van der Waals surface area contributed by atoms with Gasteiger partial charge in [0.1, 0.15) is 5.69 Å². The van der Waals surface area contributed by atoms with Gasteiger partial charge in [-0.15, -0.1) is 5.10 Å². The van der Waals surface area contributed by atoms with Crippen LogP contribution >= 0.6 is 11.8 Å². The van der Waals surface area contributed by atoms with Crippen LogP contribution in [0.25, 0.3) is 11.3 Å².